The van der Waals surface area contributed by atoms with E-state index >= 15 is 0 Å². The lowest BCUT2D eigenvalue weighted by molar-refractivity contribution is 0.0925. The Morgan fingerprint density at radius 3 is 2.33 bits per heavy atom. The fraction of sp³-hybridized carbons (Fsp3) is 0.400. The topological polar surface area (TPSA) is 113 Å². The molecule has 10 heteroatoms. The molecule has 30 heavy (non-hydrogen) atoms. The van der Waals surface area contributed by atoms with Crippen molar-refractivity contribution in [1.82, 2.24) is 16.0 Å². The van der Waals surface area contributed by atoms with Gasteiger partial charge in [-0.05, 0) is 43.5 Å². The minimum atomic E-state index is -3.22. The summed E-state index contributed by atoms with van der Waals surface area (Å²) in [6, 6.07) is 7.02. The number of halogens is 1. The fourth-order valence-corrected chi connectivity index (χ4v) is 3.79. The molecule has 166 valence electrons. The number of rotatable bonds is 8. The Kier molecular flexibility index (Phi) is 10.3. The molecule has 2 rings (SSSR count). The predicted octanol–water partition coefficient (Wildman–Crippen LogP) is 2.40. The van der Waals surface area contributed by atoms with Crippen LogP contribution in [-0.2, 0) is 16.4 Å². The van der Waals surface area contributed by atoms with Crippen molar-refractivity contribution in [2.24, 2.45) is 4.99 Å². The minimum absolute atomic E-state index is 0. The molecule has 1 aromatic carbocycles. The van der Waals surface area contributed by atoms with Crippen molar-refractivity contribution >= 4 is 45.7 Å². The molecule has 1 aromatic heterocycles. The number of nitrogens with zero attached hydrogens (tertiary/aromatic N) is 1. The number of aliphatic imine (C=N–C) groups is 1. The number of hydrogen-bond acceptors (Lipinski definition) is 5. The molecule has 0 fully saturated rings. The van der Waals surface area contributed by atoms with Crippen molar-refractivity contribution in [3.05, 3.63) is 53.0 Å². The number of amides is 1. The number of guanidine groups is 1. The Balaban J connectivity index is 0.00000450. The number of nitrogens with one attached hydrogen (secondary N) is 3. The maximum Gasteiger partial charge on any atom is 0.287 e. The Morgan fingerprint density at radius 1 is 1.07 bits per heavy atom. The molecule has 0 aliphatic carbocycles. The third kappa shape index (κ3) is 7.63. The van der Waals surface area contributed by atoms with Crippen LogP contribution in [0, 0.1) is 13.8 Å². The maximum absolute atomic E-state index is 12.0. The Morgan fingerprint density at radius 2 is 1.77 bits per heavy atom. The van der Waals surface area contributed by atoms with E-state index in [9.17, 15) is 13.2 Å². The van der Waals surface area contributed by atoms with E-state index in [0.29, 0.717) is 42.7 Å². The molecular formula is C20H29IN4O4S. The average Bonchev–Trinajstić information content (AvgIpc) is 3.08. The molecule has 0 atom stereocenters. The van der Waals surface area contributed by atoms with E-state index in [0.717, 1.165) is 16.7 Å². The zero-order valence-electron chi connectivity index (χ0n) is 17.6. The van der Waals surface area contributed by atoms with Gasteiger partial charge < -0.3 is 20.4 Å². The first-order valence-electron chi connectivity index (χ1n) is 9.28. The molecule has 0 saturated carbocycles. The highest BCUT2D eigenvalue weighted by atomic mass is 127. The standard InChI is InChI=1S/C20H28N4O4S.HI/c1-14-8-11-28-18(14)19(25)22-9-5-10-23-20(21-3)24-13-16-6-7-17(15(2)12-16)29(4,26)27;/h6-8,11-12H,5,9-10,13H2,1-4H3,(H,22,25)(H2,21,23,24);1H. The SMILES string of the molecule is CN=C(NCCCNC(=O)c1occc1C)NCc1ccc(S(C)(=O)=O)c(C)c1.I. The van der Waals surface area contributed by atoms with E-state index in [1.54, 1.807) is 32.2 Å². The minimum Gasteiger partial charge on any atom is -0.459 e. The first-order chi connectivity index (χ1) is 13.7. The summed E-state index contributed by atoms with van der Waals surface area (Å²) in [5, 5.41) is 9.18. The molecule has 0 unspecified atom stereocenters. The van der Waals surface area contributed by atoms with Gasteiger partial charge in [0, 0.05) is 38.5 Å². The average molecular weight is 548 g/mol. The first kappa shape index (κ1) is 26.0. The van der Waals surface area contributed by atoms with Gasteiger partial charge >= 0.3 is 0 Å². The summed E-state index contributed by atoms with van der Waals surface area (Å²) in [6.45, 7) is 5.26. The molecule has 0 aliphatic rings. The van der Waals surface area contributed by atoms with Gasteiger partial charge in [0.1, 0.15) is 0 Å². The quantitative estimate of drug-likeness (QED) is 0.202. The van der Waals surface area contributed by atoms with Crippen LogP contribution in [0.4, 0.5) is 0 Å². The normalized spacial score (nSPS) is 11.5. The molecule has 3 N–H and O–H groups in total. The van der Waals surface area contributed by atoms with E-state index in [2.05, 4.69) is 20.9 Å². The monoisotopic (exact) mass is 548 g/mol. The summed E-state index contributed by atoms with van der Waals surface area (Å²) >= 11 is 0. The van der Waals surface area contributed by atoms with E-state index in [1.807, 2.05) is 13.0 Å². The van der Waals surface area contributed by atoms with Crippen molar-refractivity contribution < 1.29 is 17.6 Å². The fourth-order valence-electron chi connectivity index (χ4n) is 2.83. The van der Waals surface area contributed by atoms with Gasteiger partial charge in [0.15, 0.2) is 21.6 Å². The van der Waals surface area contributed by atoms with Gasteiger partial charge in [0.2, 0.25) is 0 Å². The molecule has 0 aliphatic heterocycles. The summed E-state index contributed by atoms with van der Waals surface area (Å²) in [6.07, 6.45) is 3.42. The number of sulfone groups is 1. The molecule has 0 bridgehead atoms. The highest BCUT2D eigenvalue weighted by Gasteiger charge is 2.12. The lowest BCUT2D eigenvalue weighted by Crippen LogP contribution is -2.38. The highest BCUT2D eigenvalue weighted by molar-refractivity contribution is 14.0. The Labute approximate surface area is 194 Å². The summed E-state index contributed by atoms with van der Waals surface area (Å²) in [5.74, 6) is 0.749. The van der Waals surface area contributed by atoms with Crippen LogP contribution in [0.2, 0.25) is 0 Å². The second-order valence-corrected chi connectivity index (χ2v) is 8.75. The molecule has 0 radical (unpaired) electrons. The number of hydrogen-bond donors (Lipinski definition) is 3. The van der Waals surface area contributed by atoms with Crippen LogP contribution in [0.1, 0.15) is 33.7 Å². The van der Waals surface area contributed by atoms with Crippen molar-refractivity contribution in [2.75, 3.05) is 26.4 Å². The summed E-state index contributed by atoms with van der Waals surface area (Å²) in [4.78, 5) is 16.5. The summed E-state index contributed by atoms with van der Waals surface area (Å²) in [5.41, 5.74) is 2.49. The highest BCUT2D eigenvalue weighted by Crippen LogP contribution is 2.16. The van der Waals surface area contributed by atoms with Gasteiger partial charge in [-0.2, -0.15) is 0 Å². The van der Waals surface area contributed by atoms with Crippen LogP contribution < -0.4 is 16.0 Å². The summed E-state index contributed by atoms with van der Waals surface area (Å²) < 4.78 is 28.6. The molecule has 8 nitrogen and oxygen atoms in total. The van der Waals surface area contributed by atoms with Crippen LogP contribution in [0.25, 0.3) is 0 Å². The van der Waals surface area contributed by atoms with Gasteiger partial charge in [-0.15, -0.1) is 24.0 Å². The van der Waals surface area contributed by atoms with Crippen LogP contribution in [-0.4, -0.2) is 46.7 Å². The van der Waals surface area contributed by atoms with Gasteiger partial charge in [-0.25, -0.2) is 8.42 Å². The van der Waals surface area contributed by atoms with Gasteiger partial charge in [0.25, 0.3) is 5.91 Å². The van der Waals surface area contributed by atoms with E-state index in [4.69, 9.17) is 4.42 Å². The van der Waals surface area contributed by atoms with Gasteiger partial charge in [0.05, 0.1) is 11.2 Å². The molecule has 1 heterocycles. The van der Waals surface area contributed by atoms with Crippen molar-refractivity contribution in [3.63, 3.8) is 0 Å². The van der Waals surface area contributed by atoms with Gasteiger partial charge in [-0.1, -0.05) is 12.1 Å². The van der Waals surface area contributed by atoms with Crippen molar-refractivity contribution in [3.8, 4) is 0 Å². The lowest BCUT2D eigenvalue weighted by Gasteiger charge is -2.13. The smallest absolute Gasteiger partial charge is 0.287 e. The molecule has 1 amide bonds. The van der Waals surface area contributed by atoms with Crippen LogP contribution in [0.5, 0.6) is 0 Å². The second kappa shape index (κ2) is 11.9. The second-order valence-electron chi connectivity index (χ2n) is 6.77. The number of benzene rings is 1. The first-order valence-corrected chi connectivity index (χ1v) is 11.2. The number of furan rings is 1. The maximum atomic E-state index is 12.0. The largest absolute Gasteiger partial charge is 0.459 e. The number of aryl methyl sites for hydroxylation is 2. The molecule has 0 saturated heterocycles. The number of carbonyl (C=O) groups excluding carboxylic acids is 1. The Bertz CT molecular complexity index is 986. The zero-order valence-corrected chi connectivity index (χ0v) is 20.8. The molecule has 2 aromatic rings. The van der Waals surface area contributed by atoms with Crippen molar-refractivity contribution in [2.45, 2.75) is 31.7 Å². The Hall–Kier alpha value is -2.08. The van der Waals surface area contributed by atoms with E-state index < -0.39 is 9.84 Å². The van der Waals surface area contributed by atoms with Crippen LogP contribution in [0.3, 0.4) is 0 Å². The third-order valence-corrected chi connectivity index (χ3v) is 5.58. The third-order valence-electron chi connectivity index (χ3n) is 4.32. The molecular weight excluding hydrogens is 519 g/mol. The van der Waals surface area contributed by atoms with E-state index in [1.165, 1.54) is 12.5 Å². The van der Waals surface area contributed by atoms with Crippen molar-refractivity contribution in [1.29, 1.82) is 0 Å². The lowest BCUT2D eigenvalue weighted by atomic mass is 10.1. The summed E-state index contributed by atoms with van der Waals surface area (Å²) in [7, 11) is -1.54. The number of carbonyl (C=O) groups is 1. The molecule has 0 spiro atoms. The van der Waals surface area contributed by atoms with Crippen LogP contribution in [0.15, 0.2) is 44.8 Å². The zero-order chi connectivity index (χ0) is 21.4. The van der Waals surface area contributed by atoms with Gasteiger partial charge in [-0.3, -0.25) is 9.79 Å². The predicted molar refractivity (Wildman–Crippen MR) is 128 cm³/mol. The van der Waals surface area contributed by atoms with Crippen LogP contribution >= 0.6 is 24.0 Å². The van der Waals surface area contributed by atoms with E-state index in [-0.39, 0.29) is 29.9 Å².